The molecule has 3 nitrogen and oxygen atoms in total. The normalized spacial score (nSPS) is 20.4. The number of halogens is 2. The summed E-state index contributed by atoms with van der Waals surface area (Å²) in [5.41, 5.74) is 3.58. The van der Waals surface area contributed by atoms with E-state index in [1.54, 1.807) is 0 Å². The summed E-state index contributed by atoms with van der Waals surface area (Å²) in [7, 11) is 0. The minimum Gasteiger partial charge on any atom is -0.342 e. The number of hydrogen-bond acceptors (Lipinski definition) is 2. The van der Waals surface area contributed by atoms with Crippen LogP contribution in [0.3, 0.4) is 0 Å². The number of benzene rings is 2. The molecule has 4 rings (SSSR count). The van der Waals surface area contributed by atoms with Crippen LogP contribution in [0.1, 0.15) is 29.5 Å². The topological polar surface area (TPSA) is 23.6 Å². The van der Waals surface area contributed by atoms with Crippen molar-refractivity contribution in [2.75, 3.05) is 32.7 Å². The highest BCUT2D eigenvalue weighted by atomic mass is 35.5. The minimum absolute atomic E-state index is 0.212. The summed E-state index contributed by atoms with van der Waals surface area (Å²) in [5, 5.41) is 1.11. The molecule has 154 valence electrons. The number of carbonyl (C=O) groups is 1. The lowest BCUT2D eigenvalue weighted by Crippen LogP contribution is -2.44. The molecule has 29 heavy (non-hydrogen) atoms. The molecule has 1 fully saturated rings. The van der Waals surface area contributed by atoms with Gasteiger partial charge in [0.15, 0.2) is 0 Å². The first-order chi connectivity index (χ1) is 14.1. The first-order valence-electron chi connectivity index (χ1n) is 10.6. The molecule has 0 radical (unpaired) electrons. The number of rotatable bonds is 5. The van der Waals surface area contributed by atoms with Gasteiger partial charge in [-0.25, -0.2) is 0 Å². The molecule has 2 aliphatic rings. The van der Waals surface area contributed by atoms with Crippen LogP contribution in [0.2, 0.25) is 10.0 Å². The lowest BCUT2D eigenvalue weighted by atomic mass is 9.96. The monoisotopic (exact) mass is 430 g/mol. The number of nitrogens with zero attached hydrogens (tertiary/aromatic N) is 2. The van der Waals surface area contributed by atoms with Gasteiger partial charge in [-0.2, -0.15) is 0 Å². The molecule has 1 amide bonds. The number of piperidine rings is 1. The summed E-state index contributed by atoms with van der Waals surface area (Å²) in [6, 6.07) is 14.5. The van der Waals surface area contributed by atoms with E-state index in [0.717, 1.165) is 50.1 Å². The Morgan fingerprint density at radius 2 is 1.76 bits per heavy atom. The Morgan fingerprint density at radius 1 is 1.00 bits per heavy atom. The highest BCUT2D eigenvalue weighted by Crippen LogP contribution is 2.29. The molecule has 1 saturated heterocycles. The first-order valence-corrected chi connectivity index (χ1v) is 11.3. The van der Waals surface area contributed by atoms with Crippen LogP contribution < -0.4 is 0 Å². The standard InChI is InChI=1S/C24H28Cl2N2O/c25-22-13-20-9-12-28(24(29)15-21(20)14-23(22)26)17-19-7-4-10-27(16-19)11-8-18-5-2-1-3-6-18/h1-3,5-6,13-14,19H,4,7-12,15-17H2. The molecular formula is C24H28Cl2N2O. The molecule has 0 aliphatic carbocycles. The van der Waals surface area contributed by atoms with Crippen molar-refractivity contribution < 1.29 is 4.79 Å². The quantitative estimate of drug-likeness (QED) is 0.674. The van der Waals surface area contributed by atoms with Gasteiger partial charge in [0.1, 0.15) is 0 Å². The van der Waals surface area contributed by atoms with E-state index in [0.29, 0.717) is 22.4 Å². The molecule has 0 aromatic heterocycles. The zero-order valence-corrected chi connectivity index (χ0v) is 18.3. The number of likely N-dealkylation sites (tertiary alicyclic amines) is 1. The van der Waals surface area contributed by atoms with Crippen LogP contribution in [0.5, 0.6) is 0 Å². The van der Waals surface area contributed by atoms with E-state index in [1.807, 2.05) is 12.1 Å². The van der Waals surface area contributed by atoms with Crippen molar-refractivity contribution in [1.29, 1.82) is 0 Å². The fraction of sp³-hybridized carbons (Fsp3) is 0.458. The number of amides is 1. The first kappa shape index (κ1) is 20.7. The Hall–Kier alpha value is -1.55. The van der Waals surface area contributed by atoms with E-state index in [9.17, 15) is 4.79 Å². The molecule has 2 aromatic rings. The van der Waals surface area contributed by atoms with Crippen molar-refractivity contribution in [2.45, 2.75) is 32.1 Å². The molecular weight excluding hydrogens is 403 g/mol. The predicted molar refractivity (Wildman–Crippen MR) is 120 cm³/mol. The third-order valence-corrected chi connectivity index (χ3v) is 6.95. The second-order valence-electron chi connectivity index (χ2n) is 8.35. The van der Waals surface area contributed by atoms with Gasteiger partial charge in [0.2, 0.25) is 5.91 Å². The molecule has 1 atom stereocenters. The number of fused-ring (bicyclic) bond motifs is 1. The average molecular weight is 431 g/mol. The van der Waals surface area contributed by atoms with Crippen LogP contribution >= 0.6 is 23.2 Å². The lowest BCUT2D eigenvalue weighted by molar-refractivity contribution is -0.131. The maximum absolute atomic E-state index is 12.9. The third kappa shape index (κ3) is 5.33. The van der Waals surface area contributed by atoms with Crippen molar-refractivity contribution in [3.63, 3.8) is 0 Å². The summed E-state index contributed by atoms with van der Waals surface area (Å²) in [5.74, 6) is 0.764. The molecule has 2 aromatic carbocycles. The van der Waals surface area contributed by atoms with Crippen LogP contribution in [-0.2, 0) is 24.1 Å². The summed E-state index contributed by atoms with van der Waals surface area (Å²) in [6.45, 7) is 4.97. The van der Waals surface area contributed by atoms with E-state index in [1.165, 1.54) is 24.9 Å². The van der Waals surface area contributed by atoms with Gasteiger partial charge in [-0.1, -0.05) is 53.5 Å². The zero-order valence-electron chi connectivity index (χ0n) is 16.7. The van der Waals surface area contributed by atoms with Crippen LogP contribution in [0.25, 0.3) is 0 Å². The fourth-order valence-electron chi connectivity index (χ4n) is 4.62. The van der Waals surface area contributed by atoms with Gasteiger partial charge in [-0.15, -0.1) is 0 Å². The summed E-state index contributed by atoms with van der Waals surface area (Å²) in [6.07, 6.45) is 4.79. The van der Waals surface area contributed by atoms with Crippen molar-refractivity contribution >= 4 is 29.1 Å². The number of carbonyl (C=O) groups excluding carboxylic acids is 1. The molecule has 0 bridgehead atoms. The molecule has 5 heteroatoms. The minimum atomic E-state index is 0.212. The maximum atomic E-state index is 12.9. The average Bonchev–Trinajstić information content (AvgIpc) is 2.87. The molecule has 1 unspecified atom stereocenters. The van der Waals surface area contributed by atoms with Gasteiger partial charge < -0.3 is 9.80 Å². The van der Waals surface area contributed by atoms with Crippen LogP contribution in [0.15, 0.2) is 42.5 Å². The predicted octanol–water partition coefficient (Wildman–Crippen LogP) is 4.88. The van der Waals surface area contributed by atoms with Gasteiger partial charge in [0.05, 0.1) is 16.5 Å². The Kier molecular flexibility index (Phi) is 6.79. The molecule has 0 spiro atoms. The van der Waals surface area contributed by atoms with Crippen molar-refractivity contribution in [3.8, 4) is 0 Å². The third-order valence-electron chi connectivity index (χ3n) is 6.23. The Morgan fingerprint density at radius 3 is 2.55 bits per heavy atom. The second kappa shape index (κ2) is 9.51. The van der Waals surface area contributed by atoms with E-state index < -0.39 is 0 Å². The lowest BCUT2D eigenvalue weighted by Gasteiger charge is -2.35. The smallest absolute Gasteiger partial charge is 0.227 e. The van der Waals surface area contributed by atoms with Gasteiger partial charge in [0.25, 0.3) is 0 Å². The van der Waals surface area contributed by atoms with Gasteiger partial charge in [-0.05, 0) is 67.0 Å². The van der Waals surface area contributed by atoms with Gasteiger partial charge >= 0.3 is 0 Å². The van der Waals surface area contributed by atoms with Crippen LogP contribution in [-0.4, -0.2) is 48.4 Å². The van der Waals surface area contributed by atoms with E-state index in [4.69, 9.17) is 23.2 Å². The van der Waals surface area contributed by atoms with Crippen molar-refractivity contribution in [3.05, 3.63) is 69.2 Å². The highest BCUT2D eigenvalue weighted by Gasteiger charge is 2.26. The molecule has 0 saturated carbocycles. The summed E-state index contributed by atoms with van der Waals surface area (Å²) in [4.78, 5) is 17.5. The SMILES string of the molecule is O=C1Cc2cc(Cl)c(Cl)cc2CCN1CC1CCCN(CCc2ccccc2)C1. The Bertz CT molecular complexity index is 855. The summed E-state index contributed by atoms with van der Waals surface area (Å²) < 4.78 is 0. The van der Waals surface area contributed by atoms with Crippen LogP contribution in [0, 0.1) is 5.92 Å². The van der Waals surface area contributed by atoms with Crippen LogP contribution in [0.4, 0.5) is 0 Å². The van der Waals surface area contributed by atoms with Gasteiger partial charge in [-0.3, -0.25) is 4.79 Å². The molecule has 2 heterocycles. The van der Waals surface area contributed by atoms with Crippen molar-refractivity contribution in [2.24, 2.45) is 5.92 Å². The Balaban J connectivity index is 1.33. The zero-order chi connectivity index (χ0) is 20.2. The van der Waals surface area contributed by atoms with Gasteiger partial charge in [0, 0.05) is 26.2 Å². The molecule has 0 N–H and O–H groups in total. The van der Waals surface area contributed by atoms with Crippen molar-refractivity contribution in [1.82, 2.24) is 9.80 Å². The maximum Gasteiger partial charge on any atom is 0.227 e. The second-order valence-corrected chi connectivity index (χ2v) is 9.16. The largest absolute Gasteiger partial charge is 0.342 e. The fourth-order valence-corrected chi connectivity index (χ4v) is 4.99. The Labute approximate surface area is 183 Å². The van der Waals surface area contributed by atoms with E-state index in [2.05, 4.69) is 40.1 Å². The summed E-state index contributed by atoms with van der Waals surface area (Å²) >= 11 is 12.3. The highest BCUT2D eigenvalue weighted by molar-refractivity contribution is 6.42. The number of hydrogen-bond donors (Lipinski definition) is 0. The van der Waals surface area contributed by atoms with E-state index >= 15 is 0 Å². The molecule has 2 aliphatic heterocycles. The van der Waals surface area contributed by atoms with E-state index in [-0.39, 0.29) is 5.91 Å².